The summed E-state index contributed by atoms with van der Waals surface area (Å²) in [5.41, 5.74) is -3.72. The maximum Gasteiger partial charge on any atom is 0.417 e. The van der Waals surface area contributed by atoms with Crippen molar-refractivity contribution in [3.05, 3.63) is 29.3 Å². The molecule has 0 aromatic heterocycles. The van der Waals surface area contributed by atoms with Gasteiger partial charge in [0.15, 0.2) is 0 Å². The maximum atomic E-state index is 12.6. The minimum absolute atomic E-state index is 0.153. The fourth-order valence-electron chi connectivity index (χ4n) is 1.43. The molecule has 0 aliphatic rings. The molecule has 114 valence electrons. The van der Waals surface area contributed by atoms with Crippen LogP contribution in [0.2, 0.25) is 0 Å². The highest BCUT2D eigenvalue weighted by molar-refractivity contribution is 6.18. The lowest BCUT2D eigenvalue weighted by Gasteiger charge is -2.17. The Morgan fingerprint density at radius 3 is 2.05 bits per heavy atom. The van der Waals surface area contributed by atoms with Gasteiger partial charge in [-0.1, -0.05) is 0 Å². The molecule has 20 heavy (non-hydrogen) atoms. The molecule has 0 bridgehead atoms. The molecular formula is C11H10ClF6NO. The summed E-state index contributed by atoms with van der Waals surface area (Å²) >= 11 is 5.29. The van der Waals surface area contributed by atoms with Gasteiger partial charge < -0.3 is 10.4 Å². The van der Waals surface area contributed by atoms with Gasteiger partial charge in [-0.3, -0.25) is 0 Å². The average Bonchev–Trinajstić information content (AvgIpc) is 2.33. The predicted molar refractivity (Wildman–Crippen MR) is 61.7 cm³/mol. The average molecular weight is 322 g/mol. The van der Waals surface area contributed by atoms with Gasteiger partial charge >= 0.3 is 12.4 Å². The van der Waals surface area contributed by atoms with Gasteiger partial charge in [0.2, 0.25) is 0 Å². The number of alkyl halides is 7. The van der Waals surface area contributed by atoms with Gasteiger partial charge in [-0.2, -0.15) is 26.3 Å². The second-order valence-electron chi connectivity index (χ2n) is 3.94. The highest BCUT2D eigenvalue weighted by atomic mass is 35.5. The molecule has 1 unspecified atom stereocenters. The Morgan fingerprint density at radius 1 is 1.05 bits per heavy atom. The zero-order valence-electron chi connectivity index (χ0n) is 9.82. The van der Waals surface area contributed by atoms with E-state index in [0.717, 1.165) is 6.07 Å². The number of aliphatic hydroxyl groups excluding tert-OH is 1. The van der Waals surface area contributed by atoms with E-state index in [1.807, 2.05) is 0 Å². The number of halogens is 7. The van der Waals surface area contributed by atoms with Gasteiger partial charge in [-0.15, -0.1) is 11.6 Å². The Bertz CT molecular complexity index is 459. The summed E-state index contributed by atoms with van der Waals surface area (Å²) < 4.78 is 75.4. The normalized spacial score (nSPS) is 14.2. The van der Waals surface area contributed by atoms with Crippen LogP contribution in [0.3, 0.4) is 0 Å². The molecule has 0 aliphatic heterocycles. The lowest BCUT2D eigenvalue weighted by Crippen LogP contribution is -2.22. The molecule has 2 N–H and O–H groups in total. The molecule has 9 heteroatoms. The Labute approximate surface area is 115 Å². The summed E-state index contributed by atoms with van der Waals surface area (Å²) in [6, 6.07) is 1.56. The molecule has 0 spiro atoms. The van der Waals surface area contributed by atoms with Crippen molar-refractivity contribution < 1.29 is 31.4 Å². The van der Waals surface area contributed by atoms with Crippen molar-refractivity contribution in [1.29, 1.82) is 0 Å². The molecule has 1 aromatic rings. The summed E-state index contributed by atoms with van der Waals surface area (Å²) in [6.07, 6.45) is -11.2. The van der Waals surface area contributed by atoms with Gasteiger partial charge in [0.05, 0.1) is 23.1 Å². The smallest absolute Gasteiger partial charge is 0.390 e. The van der Waals surface area contributed by atoms with Crippen LogP contribution in [-0.2, 0) is 12.4 Å². The van der Waals surface area contributed by atoms with Crippen LogP contribution in [0.15, 0.2) is 18.2 Å². The number of rotatable bonds is 4. The van der Waals surface area contributed by atoms with Crippen LogP contribution >= 0.6 is 11.6 Å². The number of benzene rings is 1. The Hall–Kier alpha value is -1.15. The van der Waals surface area contributed by atoms with E-state index in [4.69, 9.17) is 16.7 Å². The Balaban J connectivity index is 3.09. The summed E-state index contributed by atoms with van der Waals surface area (Å²) in [5, 5.41) is 11.5. The molecule has 1 atom stereocenters. The number of hydrogen-bond acceptors (Lipinski definition) is 2. The van der Waals surface area contributed by atoms with Crippen LogP contribution in [-0.4, -0.2) is 23.6 Å². The SMILES string of the molecule is OC(CCl)CNc1ccc(C(F)(F)F)c(C(F)(F)F)c1. The van der Waals surface area contributed by atoms with Crippen molar-refractivity contribution in [2.24, 2.45) is 0 Å². The van der Waals surface area contributed by atoms with Gasteiger partial charge in [0.25, 0.3) is 0 Å². The van der Waals surface area contributed by atoms with Gasteiger partial charge in [-0.25, -0.2) is 0 Å². The minimum atomic E-state index is -5.13. The summed E-state index contributed by atoms with van der Waals surface area (Å²) in [6.45, 7) is -0.174. The first-order valence-electron chi connectivity index (χ1n) is 5.32. The van der Waals surface area contributed by atoms with E-state index < -0.39 is 29.6 Å². The molecule has 0 fully saturated rings. The molecule has 0 amide bonds. The van der Waals surface area contributed by atoms with Crippen LogP contribution < -0.4 is 5.32 Å². The molecule has 0 aliphatic carbocycles. The zero-order valence-corrected chi connectivity index (χ0v) is 10.6. The predicted octanol–water partition coefficient (Wildman–Crippen LogP) is 3.74. The van der Waals surface area contributed by atoms with Crippen molar-refractivity contribution in [2.45, 2.75) is 18.5 Å². The van der Waals surface area contributed by atoms with E-state index in [0.29, 0.717) is 12.1 Å². The minimum Gasteiger partial charge on any atom is -0.390 e. The molecule has 0 saturated heterocycles. The fourth-order valence-corrected chi connectivity index (χ4v) is 1.54. The molecule has 0 saturated carbocycles. The summed E-state index contributed by atoms with van der Waals surface area (Å²) in [7, 11) is 0. The second-order valence-corrected chi connectivity index (χ2v) is 4.25. The van der Waals surface area contributed by atoms with E-state index >= 15 is 0 Å². The van der Waals surface area contributed by atoms with Gasteiger partial charge in [0.1, 0.15) is 0 Å². The maximum absolute atomic E-state index is 12.6. The van der Waals surface area contributed by atoms with Crippen molar-refractivity contribution in [3.8, 4) is 0 Å². The number of nitrogens with one attached hydrogen (secondary N) is 1. The van der Waals surface area contributed by atoms with Crippen molar-refractivity contribution in [3.63, 3.8) is 0 Å². The summed E-state index contributed by atoms with van der Waals surface area (Å²) in [4.78, 5) is 0. The molecular weight excluding hydrogens is 312 g/mol. The van der Waals surface area contributed by atoms with Gasteiger partial charge in [0, 0.05) is 12.2 Å². The fraction of sp³-hybridized carbons (Fsp3) is 0.455. The van der Waals surface area contributed by atoms with Crippen LogP contribution in [0.25, 0.3) is 0 Å². The topological polar surface area (TPSA) is 32.3 Å². The van der Waals surface area contributed by atoms with Crippen LogP contribution in [0.1, 0.15) is 11.1 Å². The standard InChI is InChI=1S/C11H10ClF6NO/c12-4-7(20)5-19-6-1-2-8(10(13,14)15)9(3-6)11(16,17)18/h1-3,7,19-20H,4-5H2. The van der Waals surface area contributed by atoms with Crippen LogP contribution in [0.5, 0.6) is 0 Å². The van der Waals surface area contributed by atoms with E-state index in [-0.39, 0.29) is 18.1 Å². The lowest BCUT2D eigenvalue weighted by molar-refractivity contribution is -0.162. The Kier molecular flexibility index (Phi) is 5.15. The molecule has 2 nitrogen and oxygen atoms in total. The molecule has 0 radical (unpaired) electrons. The third kappa shape index (κ3) is 4.45. The first kappa shape index (κ1) is 16.9. The molecule has 0 heterocycles. The molecule has 1 aromatic carbocycles. The van der Waals surface area contributed by atoms with E-state index in [9.17, 15) is 26.3 Å². The van der Waals surface area contributed by atoms with Gasteiger partial charge in [-0.05, 0) is 18.2 Å². The van der Waals surface area contributed by atoms with E-state index in [1.54, 1.807) is 0 Å². The van der Waals surface area contributed by atoms with Crippen molar-refractivity contribution in [2.75, 3.05) is 17.7 Å². The Morgan fingerprint density at radius 2 is 1.60 bits per heavy atom. The van der Waals surface area contributed by atoms with Crippen molar-refractivity contribution >= 4 is 17.3 Å². The molecule has 1 rings (SSSR count). The summed E-state index contributed by atoms with van der Waals surface area (Å²) in [5.74, 6) is -0.153. The quantitative estimate of drug-likeness (QED) is 0.654. The lowest BCUT2D eigenvalue weighted by atomic mass is 10.1. The first-order chi connectivity index (χ1) is 9.05. The number of hydrogen-bond donors (Lipinski definition) is 2. The number of aliphatic hydroxyl groups is 1. The first-order valence-corrected chi connectivity index (χ1v) is 5.85. The third-order valence-electron chi connectivity index (χ3n) is 2.35. The highest BCUT2D eigenvalue weighted by Crippen LogP contribution is 2.41. The number of anilines is 1. The largest absolute Gasteiger partial charge is 0.417 e. The van der Waals surface area contributed by atoms with Crippen molar-refractivity contribution in [1.82, 2.24) is 0 Å². The van der Waals surface area contributed by atoms with E-state index in [1.165, 1.54) is 0 Å². The second kappa shape index (κ2) is 6.09. The highest BCUT2D eigenvalue weighted by Gasteiger charge is 2.43. The monoisotopic (exact) mass is 321 g/mol. The third-order valence-corrected chi connectivity index (χ3v) is 2.71. The zero-order chi connectivity index (χ0) is 15.6. The van der Waals surface area contributed by atoms with E-state index in [2.05, 4.69) is 5.32 Å². The van der Waals surface area contributed by atoms with Crippen LogP contribution in [0, 0.1) is 0 Å². The van der Waals surface area contributed by atoms with Crippen LogP contribution in [0.4, 0.5) is 32.0 Å².